The third kappa shape index (κ3) is 4.86. The molecule has 0 unspecified atom stereocenters. The second-order valence-corrected chi connectivity index (χ2v) is 7.03. The molecule has 1 heterocycles. The Bertz CT molecular complexity index is 1010. The lowest BCUT2D eigenvalue weighted by Crippen LogP contribution is -2.02. The molecule has 0 aliphatic rings. The number of nitrogens with zero attached hydrogens (tertiary/aromatic N) is 1. The molecule has 29 heavy (non-hydrogen) atoms. The number of aromatic nitrogens is 1. The van der Waals surface area contributed by atoms with E-state index < -0.39 is 5.97 Å². The molecule has 3 rings (SSSR count). The first-order valence-corrected chi connectivity index (χ1v) is 10.1. The molecule has 0 atom stereocenters. The number of fused-ring (bicyclic) bond motifs is 1. The molecule has 1 aromatic heterocycles. The van der Waals surface area contributed by atoms with Crippen LogP contribution in [-0.4, -0.2) is 29.3 Å². The number of carboxylic acid groups (broad SMARTS) is 1. The maximum absolute atomic E-state index is 11.8. The first-order valence-electron chi connectivity index (χ1n) is 10.1. The van der Waals surface area contributed by atoms with Crippen molar-refractivity contribution in [3.63, 3.8) is 0 Å². The topological polar surface area (TPSA) is 68.7 Å². The maximum Gasteiger partial charge on any atom is 0.336 e. The lowest BCUT2D eigenvalue weighted by Gasteiger charge is -2.14. The lowest BCUT2D eigenvalue weighted by atomic mass is 10.0. The second kappa shape index (κ2) is 9.41. The molecule has 0 aliphatic heterocycles. The first-order chi connectivity index (χ1) is 14.0. The summed E-state index contributed by atoms with van der Waals surface area (Å²) in [5, 5.41) is 10.3. The van der Waals surface area contributed by atoms with Crippen LogP contribution in [0.25, 0.3) is 22.2 Å². The molecule has 0 spiro atoms. The molecule has 0 saturated heterocycles. The Balaban J connectivity index is 2.01. The van der Waals surface area contributed by atoms with Crippen molar-refractivity contribution in [2.24, 2.45) is 0 Å². The zero-order valence-electron chi connectivity index (χ0n) is 17.2. The quantitative estimate of drug-likeness (QED) is 0.460. The minimum absolute atomic E-state index is 0.242. The number of hydrogen-bond donors (Lipinski definition) is 1. The Morgan fingerprint density at radius 1 is 1.00 bits per heavy atom. The molecule has 0 bridgehead atoms. The normalized spacial score (nSPS) is 10.9. The highest BCUT2D eigenvalue weighted by Gasteiger charge is 2.15. The molecule has 0 saturated carbocycles. The molecule has 3 aromatic rings. The maximum atomic E-state index is 11.8. The van der Waals surface area contributed by atoms with Crippen molar-refractivity contribution in [2.45, 2.75) is 40.0 Å². The van der Waals surface area contributed by atoms with E-state index in [1.165, 1.54) is 0 Å². The van der Waals surface area contributed by atoms with Gasteiger partial charge in [0, 0.05) is 10.9 Å². The summed E-state index contributed by atoms with van der Waals surface area (Å²) >= 11 is 0. The number of rotatable bonds is 9. The second-order valence-electron chi connectivity index (χ2n) is 7.03. The monoisotopic (exact) mass is 393 g/mol. The van der Waals surface area contributed by atoms with Gasteiger partial charge in [0.25, 0.3) is 0 Å². The number of ether oxygens (including phenoxy) is 2. The van der Waals surface area contributed by atoms with Crippen LogP contribution in [0.5, 0.6) is 11.5 Å². The van der Waals surface area contributed by atoms with E-state index in [4.69, 9.17) is 9.47 Å². The molecule has 0 fully saturated rings. The van der Waals surface area contributed by atoms with E-state index in [0.29, 0.717) is 41.3 Å². The molecular formula is C24H27NO4. The van der Waals surface area contributed by atoms with Crippen molar-refractivity contribution in [1.29, 1.82) is 0 Å². The minimum Gasteiger partial charge on any atom is -0.490 e. The van der Waals surface area contributed by atoms with Gasteiger partial charge in [0.2, 0.25) is 0 Å². The summed E-state index contributed by atoms with van der Waals surface area (Å²) in [6.07, 6.45) is 3.26. The third-order valence-corrected chi connectivity index (χ3v) is 4.74. The Morgan fingerprint density at radius 2 is 1.83 bits per heavy atom. The number of benzene rings is 2. The van der Waals surface area contributed by atoms with Crippen LogP contribution in [0.2, 0.25) is 0 Å². The molecule has 5 heteroatoms. The van der Waals surface area contributed by atoms with Gasteiger partial charge in [0.05, 0.1) is 30.0 Å². The van der Waals surface area contributed by atoms with Crippen molar-refractivity contribution in [1.82, 2.24) is 4.98 Å². The molecule has 152 valence electrons. The van der Waals surface area contributed by atoms with Gasteiger partial charge in [-0.1, -0.05) is 31.4 Å². The zero-order chi connectivity index (χ0) is 20.8. The Labute approximate surface area is 171 Å². The Morgan fingerprint density at radius 3 is 2.55 bits per heavy atom. The fourth-order valence-corrected chi connectivity index (χ4v) is 3.25. The largest absolute Gasteiger partial charge is 0.490 e. The summed E-state index contributed by atoms with van der Waals surface area (Å²) in [7, 11) is 0. The van der Waals surface area contributed by atoms with Crippen LogP contribution in [0, 0.1) is 6.92 Å². The van der Waals surface area contributed by atoms with E-state index in [-0.39, 0.29) is 5.56 Å². The molecular weight excluding hydrogens is 366 g/mol. The lowest BCUT2D eigenvalue weighted by molar-refractivity contribution is 0.0699. The van der Waals surface area contributed by atoms with Crippen molar-refractivity contribution in [3.05, 3.63) is 53.6 Å². The van der Waals surface area contributed by atoms with E-state index in [1.807, 2.05) is 50.2 Å². The number of aryl methyl sites for hydroxylation is 1. The van der Waals surface area contributed by atoms with Crippen LogP contribution in [-0.2, 0) is 0 Å². The number of unbranched alkanes of at least 4 members (excludes halogenated alkanes) is 2. The molecule has 0 radical (unpaired) electrons. The average Bonchev–Trinajstić information content (AvgIpc) is 2.71. The van der Waals surface area contributed by atoms with Crippen LogP contribution >= 0.6 is 0 Å². The van der Waals surface area contributed by atoms with Crippen molar-refractivity contribution < 1.29 is 19.4 Å². The highest BCUT2D eigenvalue weighted by atomic mass is 16.5. The molecule has 0 amide bonds. The van der Waals surface area contributed by atoms with Crippen molar-refractivity contribution >= 4 is 16.9 Å². The molecule has 5 nitrogen and oxygen atoms in total. The summed E-state index contributed by atoms with van der Waals surface area (Å²) in [4.78, 5) is 16.5. The van der Waals surface area contributed by atoms with Gasteiger partial charge in [-0.15, -0.1) is 0 Å². The number of carboxylic acids is 1. The summed E-state index contributed by atoms with van der Waals surface area (Å²) in [6, 6.07) is 12.9. The summed E-state index contributed by atoms with van der Waals surface area (Å²) in [5.41, 5.74) is 3.28. The highest BCUT2D eigenvalue weighted by Crippen LogP contribution is 2.34. The molecule has 0 aliphatic carbocycles. The standard InChI is InChI=1S/C24H27NO4/c1-4-6-7-12-29-22-11-9-17(14-23(22)28-5-2)21-15-19(24(26)27)18-13-16(3)8-10-20(18)25-21/h8-11,13-15H,4-7,12H2,1-3H3,(H,26,27). The average molecular weight is 393 g/mol. The van der Waals surface area contributed by atoms with E-state index in [0.717, 1.165) is 30.4 Å². The number of carbonyl (C=O) groups is 1. The van der Waals surface area contributed by atoms with Gasteiger partial charge in [-0.25, -0.2) is 9.78 Å². The van der Waals surface area contributed by atoms with Crippen LogP contribution < -0.4 is 9.47 Å². The van der Waals surface area contributed by atoms with E-state index in [2.05, 4.69) is 11.9 Å². The van der Waals surface area contributed by atoms with Gasteiger partial charge in [-0.3, -0.25) is 0 Å². The van der Waals surface area contributed by atoms with Gasteiger partial charge < -0.3 is 14.6 Å². The van der Waals surface area contributed by atoms with E-state index >= 15 is 0 Å². The summed E-state index contributed by atoms with van der Waals surface area (Å²) in [5.74, 6) is 0.371. The highest BCUT2D eigenvalue weighted by molar-refractivity contribution is 6.04. The van der Waals surface area contributed by atoms with Crippen LogP contribution in [0.15, 0.2) is 42.5 Å². The van der Waals surface area contributed by atoms with Gasteiger partial charge in [-0.2, -0.15) is 0 Å². The summed E-state index contributed by atoms with van der Waals surface area (Å²) in [6.45, 7) is 7.17. The van der Waals surface area contributed by atoms with Crippen LogP contribution in [0.3, 0.4) is 0 Å². The Hall–Kier alpha value is -3.08. The number of pyridine rings is 1. The fraction of sp³-hybridized carbons (Fsp3) is 0.333. The predicted octanol–water partition coefficient (Wildman–Crippen LogP) is 5.88. The first kappa shape index (κ1) is 20.6. The van der Waals surface area contributed by atoms with E-state index in [1.54, 1.807) is 6.07 Å². The van der Waals surface area contributed by atoms with Crippen molar-refractivity contribution in [2.75, 3.05) is 13.2 Å². The minimum atomic E-state index is -0.967. The van der Waals surface area contributed by atoms with Gasteiger partial charge >= 0.3 is 5.97 Å². The van der Waals surface area contributed by atoms with Gasteiger partial charge in [-0.05, 0) is 56.7 Å². The van der Waals surface area contributed by atoms with Crippen LogP contribution in [0.4, 0.5) is 0 Å². The van der Waals surface area contributed by atoms with E-state index in [9.17, 15) is 9.90 Å². The molecule has 1 N–H and O–H groups in total. The third-order valence-electron chi connectivity index (χ3n) is 4.74. The number of hydrogen-bond acceptors (Lipinski definition) is 4. The number of aromatic carboxylic acids is 1. The fourth-order valence-electron chi connectivity index (χ4n) is 3.25. The smallest absolute Gasteiger partial charge is 0.336 e. The predicted molar refractivity (Wildman–Crippen MR) is 115 cm³/mol. The van der Waals surface area contributed by atoms with Gasteiger partial charge in [0.15, 0.2) is 11.5 Å². The van der Waals surface area contributed by atoms with Crippen molar-refractivity contribution in [3.8, 4) is 22.8 Å². The zero-order valence-corrected chi connectivity index (χ0v) is 17.2. The summed E-state index contributed by atoms with van der Waals surface area (Å²) < 4.78 is 11.7. The van der Waals surface area contributed by atoms with Crippen LogP contribution in [0.1, 0.15) is 49.0 Å². The van der Waals surface area contributed by atoms with Gasteiger partial charge in [0.1, 0.15) is 0 Å². The SMILES string of the molecule is CCCCCOc1ccc(-c2cc(C(=O)O)c3cc(C)ccc3n2)cc1OCC. The molecule has 2 aromatic carbocycles. The Kier molecular flexibility index (Phi) is 6.70.